The maximum atomic E-state index is 3.67. The van der Waals surface area contributed by atoms with E-state index in [2.05, 4.69) is 43.4 Å². The molecule has 1 nitrogen and oxygen atoms in total. The van der Waals surface area contributed by atoms with Crippen LogP contribution in [-0.4, -0.2) is 17.8 Å². The SMILES string of the molecule is CCCCC(C)NCC1Cc2ccccc2S1. The van der Waals surface area contributed by atoms with Gasteiger partial charge in [-0.1, -0.05) is 38.0 Å². The lowest BCUT2D eigenvalue weighted by Crippen LogP contribution is -2.32. The molecule has 0 amide bonds. The van der Waals surface area contributed by atoms with Crippen molar-refractivity contribution in [2.24, 2.45) is 0 Å². The van der Waals surface area contributed by atoms with Crippen molar-refractivity contribution in [3.8, 4) is 0 Å². The van der Waals surface area contributed by atoms with Gasteiger partial charge in [0.2, 0.25) is 0 Å². The lowest BCUT2D eigenvalue weighted by atomic mass is 10.1. The zero-order chi connectivity index (χ0) is 12.1. The van der Waals surface area contributed by atoms with E-state index in [1.165, 1.54) is 36.1 Å². The fraction of sp³-hybridized carbons (Fsp3) is 0.600. The molecule has 0 aromatic heterocycles. The van der Waals surface area contributed by atoms with Crippen LogP contribution in [0.2, 0.25) is 0 Å². The highest BCUT2D eigenvalue weighted by Crippen LogP contribution is 2.36. The van der Waals surface area contributed by atoms with Crippen molar-refractivity contribution in [1.82, 2.24) is 5.32 Å². The fourth-order valence-electron chi connectivity index (χ4n) is 2.31. The molecule has 1 aliphatic rings. The molecule has 1 N–H and O–H groups in total. The van der Waals surface area contributed by atoms with Crippen LogP contribution in [0.15, 0.2) is 29.2 Å². The Labute approximate surface area is 109 Å². The van der Waals surface area contributed by atoms with E-state index >= 15 is 0 Å². The number of benzene rings is 1. The van der Waals surface area contributed by atoms with E-state index in [0.717, 1.165) is 11.8 Å². The van der Waals surface area contributed by atoms with E-state index in [0.29, 0.717) is 6.04 Å². The molecule has 94 valence electrons. The average molecular weight is 249 g/mol. The first-order chi connectivity index (χ1) is 8.29. The largest absolute Gasteiger partial charge is 0.313 e. The molecule has 2 unspecified atom stereocenters. The molecule has 0 spiro atoms. The normalized spacial score (nSPS) is 20.2. The highest BCUT2D eigenvalue weighted by Gasteiger charge is 2.21. The Balaban J connectivity index is 1.73. The number of hydrogen-bond donors (Lipinski definition) is 1. The van der Waals surface area contributed by atoms with Crippen LogP contribution < -0.4 is 5.32 Å². The van der Waals surface area contributed by atoms with Crippen molar-refractivity contribution in [3.05, 3.63) is 29.8 Å². The smallest absolute Gasteiger partial charge is 0.0260 e. The van der Waals surface area contributed by atoms with E-state index in [-0.39, 0.29) is 0 Å². The zero-order valence-electron chi connectivity index (χ0n) is 10.9. The predicted octanol–water partition coefficient (Wildman–Crippen LogP) is 3.87. The van der Waals surface area contributed by atoms with Crippen LogP contribution in [0.1, 0.15) is 38.7 Å². The monoisotopic (exact) mass is 249 g/mol. The molecule has 0 saturated carbocycles. The first kappa shape index (κ1) is 13.0. The second-order valence-corrected chi connectivity index (χ2v) is 6.35. The summed E-state index contributed by atoms with van der Waals surface area (Å²) in [6.45, 7) is 5.71. The quantitative estimate of drug-likeness (QED) is 0.821. The van der Waals surface area contributed by atoms with Crippen molar-refractivity contribution < 1.29 is 0 Å². The number of rotatable bonds is 6. The van der Waals surface area contributed by atoms with Crippen molar-refractivity contribution in [1.29, 1.82) is 0 Å². The van der Waals surface area contributed by atoms with Crippen molar-refractivity contribution in [3.63, 3.8) is 0 Å². The lowest BCUT2D eigenvalue weighted by molar-refractivity contribution is 0.494. The summed E-state index contributed by atoms with van der Waals surface area (Å²) in [4.78, 5) is 1.49. The highest BCUT2D eigenvalue weighted by molar-refractivity contribution is 8.00. The van der Waals surface area contributed by atoms with Gasteiger partial charge in [-0.15, -0.1) is 11.8 Å². The van der Waals surface area contributed by atoms with Crippen LogP contribution in [0.25, 0.3) is 0 Å². The third kappa shape index (κ3) is 3.75. The molecule has 2 rings (SSSR count). The van der Waals surface area contributed by atoms with E-state index in [1.807, 2.05) is 11.8 Å². The average Bonchev–Trinajstić information content (AvgIpc) is 2.76. The highest BCUT2D eigenvalue weighted by atomic mass is 32.2. The summed E-state index contributed by atoms with van der Waals surface area (Å²) in [5, 5.41) is 4.41. The van der Waals surface area contributed by atoms with Crippen LogP contribution in [0.4, 0.5) is 0 Å². The van der Waals surface area contributed by atoms with Crippen LogP contribution >= 0.6 is 11.8 Å². The summed E-state index contributed by atoms with van der Waals surface area (Å²) in [7, 11) is 0. The minimum atomic E-state index is 0.666. The Bertz CT molecular complexity index is 326. The van der Waals surface area contributed by atoms with E-state index in [1.54, 1.807) is 0 Å². The third-order valence-electron chi connectivity index (χ3n) is 3.40. The Morgan fingerprint density at radius 1 is 1.41 bits per heavy atom. The summed E-state index contributed by atoms with van der Waals surface area (Å²) in [5.41, 5.74) is 1.53. The molecular weight excluding hydrogens is 226 g/mol. The molecule has 2 atom stereocenters. The summed E-state index contributed by atoms with van der Waals surface area (Å²) < 4.78 is 0. The summed E-state index contributed by atoms with van der Waals surface area (Å²) in [5.74, 6) is 0. The number of unbranched alkanes of at least 4 members (excludes halogenated alkanes) is 1. The predicted molar refractivity (Wildman–Crippen MR) is 76.8 cm³/mol. The lowest BCUT2D eigenvalue weighted by Gasteiger charge is -2.16. The molecule has 2 heteroatoms. The zero-order valence-corrected chi connectivity index (χ0v) is 11.7. The summed E-state index contributed by atoms with van der Waals surface area (Å²) in [6.07, 6.45) is 5.18. The first-order valence-electron chi connectivity index (χ1n) is 6.77. The van der Waals surface area contributed by atoms with Gasteiger partial charge in [0.25, 0.3) is 0 Å². The topological polar surface area (TPSA) is 12.0 Å². The first-order valence-corrected chi connectivity index (χ1v) is 7.65. The number of fused-ring (bicyclic) bond motifs is 1. The summed E-state index contributed by atoms with van der Waals surface area (Å²) >= 11 is 2.04. The molecule has 0 saturated heterocycles. The minimum Gasteiger partial charge on any atom is -0.313 e. The molecule has 1 aromatic carbocycles. The molecule has 17 heavy (non-hydrogen) atoms. The third-order valence-corrected chi connectivity index (χ3v) is 4.72. The molecule has 1 heterocycles. The number of thioether (sulfide) groups is 1. The van der Waals surface area contributed by atoms with Crippen LogP contribution in [0.5, 0.6) is 0 Å². The van der Waals surface area contributed by atoms with Gasteiger partial charge >= 0.3 is 0 Å². The molecule has 0 bridgehead atoms. The van der Waals surface area contributed by atoms with Gasteiger partial charge in [0.05, 0.1) is 0 Å². The molecule has 0 aliphatic carbocycles. The van der Waals surface area contributed by atoms with Crippen LogP contribution in [-0.2, 0) is 6.42 Å². The molecule has 1 aromatic rings. The van der Waals surface area contributed by atoms with E-state index in [4.69, 9.17) is 0 Å². The van der Waals surface area contributed by atoms with Gasteiger partial charge in [0.15, 0.2) is 0 Å². The molecule has 0 fully saturated rings. The maximum Gasteiger partial charge on any atom is 0.0260 e. The van der Waals surface area contributed by atoms with Gasteiger partial charge in [-0.25, -0.2) is 0 Å². The Morgan fingerprint density at radius 3 is 3.00 bits per heavy atom. The van der Waals surface area contributed by atoms with Gasteiger partial charge in [-0.3, -0.25) is 0 Å². The van der Waals surface area contributed by atoms with Crippen molar-refractivity contribution in [2.75, 3.05) is 6.54 Å². The number of nitrogens with one attached hydrogen (secondary N) is 1. The number of hydrogen-bond acceptors (Lipinski definition) is 2. The Hall–Kier alpha value is -0.470. The standard InChI is InChI=1S/C15H23NS/c1-3-4-7-12(2)16-11-14-10-13-8-5-6-9-15(13)17-14/h5-6,8-9,12,14,16H,3-4,7,10-11H2,1-2H3. The van der Waals surface area contributed by atoms with E-state index < -0.39 is 0 Å². The van der Waals surface area contributed by atoms with Gasteiger partial charge in [0.1, 0.15) is 0 Å². The van der Waals surface area contributed by atoms with Gasteiger partial charge in [0, 0.05) is 22.7 Å². The minimum absolute atomic E-state index is 0.666. The Kier molecular flexibility index (Phi) is 4.93. The second-order valence-electron chi connectivity index (χ2n) is 5.00. The van der Waals surface area contributed by atoms with Gasteiger partial charge in [-0.2, -0.15) is 0 Å². The second kappa shape index (κ2) is 6.46. The van der Waals surface area contributed by atoms with Gasteiger partial charge in [-0.05, 0) is 31.4 Å². The van der Waals surface area contributed by atoms with Crippen molar-refractivity contribution in [2.45, 2.75) is 55.7 Å². The molecule has 1 aliphatic heterocycles. The summed E-state index contributed by atoms with van der Waals surface area (Å²) in [6, 6.07) is 9.48. The molecular formula is C15H23NS. The Morgan fingerprint density at radius 2 is 2.24 bits per heavy atom. The van der Waals surface area contributed by atoms with Crippen LogP contribution in [0.3, 0.4) is 0 Å². The maximum absolute atomic E-state index is 3.67. The molecule has 0 radical (unpaired) electrons. The van der Waals surface area contributed by atoms with Gasteiger partial charge < -0.3 is 5.32 Å². The van der Waals surface area contributed by atoms with Crippen LogP contribution in [0, 0.1) is 0 Å². The van der Waals surface area contributed by atoms with Crippen molar-refractivity contribution >= 4 is 11.8 Å². The van der Waals surface area contributed by atoms with E-state index in [9.17, 15) is 0 Å². The fourth-order valence-corrected chi connectivity index (χ4v) is 3.57.